The van der Waals surface area contributed by atoms with E-state index in [1.807, 2.05) is 0 Å². The third-order valence-electron chi connectivity index (χ3n) is 2.44. The molecule has 0 atom stereocenters. The van der Waals surface area contributed by atoms with Crippen LogP contribution in [0.1, 0.15) is 12.0 Å². The summed E-state index contributed by atoms with van der Waals surface area (Å²) in [7, 11) is 0. The van der Waals surface area contributed by atoms with Crippen LogP contribution in [0.15, 0.2) is 30.3 Å². The van der Waals surface area contributed by atoms with Crippen LogP contribution in [0.2, 0.25) is 0 Å². The molecule has 0 unspecified atom stereocenters. The largest absolute Gasteiger partial charge is 0.326 e. The van der Waals surface area contributed by atoms with Gasteiger partial charge in [0.1, 0.15) is 13.1 Å². The molecule has 0 aliphatic carbocycles. The van der Waals surface area contributed by atoms with Gasteiger partial charge in [-0.15, -0.1) is 0 Å². The van der Waals surface area contributed by atoms with E-state index in [4.69, 9.17) is 0 Å². The Morgan fingerprint density at radius 2 is 1.83 bits per heavy atom. The summed E-state index contributed by atoms with van der Waals surface area (Å²) in [4.78, 5) is 1.78. The molecule has 0 spiro atoms. The van der Waals surface area contributed by atoms with Gasteiger partial charge in [-0.2, -0.15) is 0 Å². The van der Waals surface area contributed by atoms with Crippen molar-refractivity contribution in [2.24, 2.45) is 0 Å². The minimum atomic E-state index is 1.25. The molecular weight excluding hydrogens is 146 g/mol. The van der Waals surface area contributed by atoms with Gasteiger partial charge in [-0.25, -0.2) is 0 Å². The van der Waals surface area contributed by atoms with Crippen molar-refractivity contribution in [3.63, 3.8) is 0 Å². The molecule has 0 amide bonds. The highest BCUT2D eigenvalue weighted by atomic mass is 15.2. The second kappa shape index (κ2) is 3.72. The Balaban J connectivity index is 1.72. The van der Waals surface area contributed by atoms with Gasteiger partial charge >= 0.3 is 0 Å². The topological polar surface area (TPSA) is 4.44 Å². The van der Waals surface area contributed by atoms with E-state index >= 15 is 0 Å². The molecule has 1 heterocycles. The van der Waals surface area contributed by atoms with E-state index in [2.05, 4.69) is 30.3 Å². The molecule has 64 valence electrons. The molecule has 2 rings (SSSR count). The summed E-state index contributed by atoms with van der Waals surface area (Å²) >= 11 is 0. The monoisotopic (exact) mass is 162 g/mol. The van der Waals surface area contributed by atoms with Crippen molar-refractivity contribution in [3.8, 4) is 0 Å². The predicted octanol–water partition coefficient (Wildman–Crippen LogP) is 0.518. The van der Waals surface area contributed by atoms with Crippen LogP contribution in [0.4, 0.5) is 0 Å². The zero-order valence-electron chi connectivity index (χ0n) is 7.42. The zero-order valence-corrected chi connectivity index (χ0v) is 7.42. The number of benzene rings is 1. The Kier molecular flexibility index (Phi) is 2.42. The van der Waals surface area contributed by atoms with E-state index in [9.17, 15) is 0 Å². The average Bonchev–Trinajstić information content (AvgIpc) is 2.90. The summed E-state index contributed by atoms with van der Waals surface area (Å²) in [6, 6.07) is 10.8. The van der Waals surface area contributed by atoms with Gasteiger partial charge in [0.05, 0.1) is 6.54 Å². The number of rotatable bonds is 4. The second-order valence-corrected chi connectivity index (χ2v) is 3.59. The van der Waals surface area contributed by atoms with Crippen molar-refractivity contribution in [3.05, 3.63) is 35.9 Å². The highest BCUT2D eigenvalue weighted by molar-refractivity contribution is 5.14. The number of aryl methyl sites for hydroxylation is 1. The van der Waals surface area contributed by atoms with Crippen molar-refractivity contribution >= 4 is 0 Å². The summed E-state index contributed by atoms with van der Waals surface area (Å²) in [5.41, 5.74) is 1.48. The smallest absolute Gasteiger partial charge is 0.127 e. The molecule has 1 aliphatic rings. The fourth-order valence-corrected chi connectivity index (χ4v) is 1.53. The second-order valence-electron chi connectivity index (χ2n) is 3.59. The molecule has 1 nitrogen and oxygen atoms in total. The fourth-order valence-electron chi connectivity index (χ4n) is 1.53. The summed E-state index contributed by atoms with van der Waals surface area (Å²) in [6.07, 6.45) is 2.60. The summed E-state index contributed by atoms with van der Waals surface area (Å²) in [5.74, 6) is 0. The van der Waals surface area contributed by atoms with Crippen LogP contribution in [-0.2, 0) is 6.42 Å². The van der Waals surface area contributed by atoms with Gasteiger partial charge in [0, 0.05) is 6.42 Å². The van der Waals surface area contributed by atoms with Crippen molar-refractivity contribution in [1.82, 2.24) is 0 Å². The number of quaternary nitrogens is 1. The Bertz CT molecular complexity index is 226. The molecule has 1 saturated heterocycles. The summed E-state index contributed by atoms with van der Waals surface area (Å²) < 4.78 is 0. The number of hydrogen-bond donors (Lipinski definition) is 1. The SMILES string of the molecule is c1ccc(CCC[NH+]2CC2)cc1. The highest BCUT2D eigenvalue weighted by Gasteiger charge is 2.21. The maximum absolute atomic E-state index is 2.22. The van der Waals surface area contributed by atoms with Crippen LogP contribution >= 0.6 is 0 Å². The lowest BCUT2D eigenvalue weighted by atomic mass is 10.1. The van der Waals surface area contributed by atoms with Gasteiger partial charge < -0.3 is 4.90 Å². The van der Waals surface area contributed by atoms with Crippen molar-refractivity contribution in [2.45, 2.75) is 12.8 Å². The van der Waals surface area contributed by atoms with E-state index in [1.54, 1.807) is 4.90 Å². The zero-order chi connectivity index (χ0) is 8.23. The summed E-state index contributed by atoms with van der Waals surface area (Å²) in [5, 5.41) is 0. The lowest BCUT2D eigenvalue weighted by Gasteiger charge is -1.99. The Morgan fingerprint density at radius 3 is 2.50 bits per heavy atom. The van der Waals surface area contributed by atoms with E-state index in [0.717, 1.165) is 0 Å². The first kappa shape index (κ1) is 7.81. The van der Waals surface area contributed by atoms with Crippen LogP contribution in [-0.4, -0.2) is 19.6 Å². The normalized spacial score (nSPS) is 16.3. The molecule has 1 fully saturated rings. The molecule has 12 heavy (non-hydrogen) atoms. The van der Waals surface area contributed by atoms with Crippen molar-refractivity contribution in [2.75, 3.05) is 19.6 Å². The molecule has 0 saturated carbocycles. The molecule has 1 aromatic carbocycles. The molecule has 0 bridgehead atoms. The minimum Gasteiger partial charge on any atom is -0.326 e. The highest BCUT2D eigenvalue weighted by Crippen LogP contribution is 2.00. The molecule has 1 heteroatoms. The maximum Gasteiger partial charge on any atom is 0.127 e. The van der Waals surface area contributed by atoms with Gasteiger partial charge in [0.15, 0.2) is 0 Å². The first-order valence-electron chi connectivity index (χ1n) is 4.82. The van der Waals surface area contributed by atoms with Crippen LogP contribution in [0, 0.1) is 0 Å². The van der Waals surface area contributed by atoms with Gasteiger partial charge in [-0.05, 0) is 12.0 Å². The molecule has 1 aliphatic heterocycles. The minimum absolute atomic E-state index is 1.25. The first-order valence-corrected chi connectivity index (χ1v) is 4.82. The molecule has 1 aromatic rings. The number of hydrogen-bond acceptors (Lipinski definition) is 0. The van der Waals surface area contributed by atoms with Gasteiger partial charge in [0.2, 0.25) is 0 Å². The van der Waals surface area contributed by atoms with E-state index in [-0.39, 0.29) is 0 Å². The molecule has 0 aromatic heterocycles. The molecule has 1 N–H and O–H groups in total. The summed E-state index contributed by atoms with van der Waals surface area (Å²) in [6.45, 7) is 4.19. The van der Waals surface area contributed by atoms with Crippen LogP contribution < -0.4 is 4.90 Å². The van der Waals surface area contributed by atoms with Gasteiger partial charge in [-0.1, -0.05) is 30.3 Å². The van der Waals surface area contributed by atoms with Crippen LogP contribution in [0.5, 0.6) is 0 Å². The van der Waals surface area contributed by atoms with E-state index < -0.39 is 0 Å². The van der Waals surface area contributed by atoms with Gasteiger partial charge in [0.25, 0.3) is 0 Å². The Labute approximate surface area is 74.0 Å². The van der Waals surface area contributed by atoms with Crippen LogP contribution in [0.3, 0.4) is 0 Å². The van der Waals surface area contributed by atoms with Gasteiger partial charge in [-0.3, -0.25) is 0 Å². The Hall–Kier alpha value is -0.820. The quantitative estimate of drug-likeness (QED) is 0.616. The van der Waals surface area contributed by atoms with Crippen LogP contribution in [0.25, 0.3) is 0 Å². The van der Waals surface area contributed by atoms with E-state index in [1.165, 1.54) is 38.0 Å². The maximum atomic E-state index is 2.22. The average molecular weight is 162 g/mol. The fraction of sp³-hybridized carbons (Fsp3) is 0.455. The molecule has 0 radical (unpaired) electrons. The number of nitrogens with one attached hydrogen (secondary N) is 1. The third kappa shape index (κ3) is 2.35. The van der Waals surface area contributed by atoms with E-state index in [0.29, 0.717) is 0 Å². The lowest BCUT2D eigenvalue weighted by Crippen LogP contribution is -2.92. The van der Waals surface area contributed by atoms with Crippen molar-refractivity contribution in [1.29, 1.82) is 0 Å². The standard InChI is InChI=1S/C11H15N/c1-2-5-11(6-3-1)7-4-8-12-9-10-12/h1-3,5-6H,4,7-10H2/p+1. The molecular formula is C11H16N+. The predicted molar refractivity (Wildman–Crippen MR) is 50.3 cm³/mol. The lowest BCUT2D eigenvalue weighted by molar-refractivity contribution is -0.758. The first-order chi connectivity index (χ1) is 5.95. The Morgan fingerprint density at radius 1 is 1.08 bits per heavy atom. The third-order valence-corrected chi connectivity index (χ3v) is 2.44. The van der Waals surface area contributed by atoms with Crippen molar-refractivity contribution < 1.29 is 4.90 Å².